The molecule has 4 nitrogen and oxygen atoms in total. The van der Waals surface area contributed by atoms with Crippen LogP contribution in [0.1, 0.15) is 47.0 Å². The average molecular weight is 256 g/mol. The van der Waals surface area contributed by atoms with E-state index >= 15 is 0 Å². The zero-order chi connectivity index (χ0) is 13.8. The predicted octanol–water partition coefficient (Wildman–Crippen LogP) is 1.78. The quantitative estimate of drug-likeness (QED) is 0.788. The van der Waals surface area contributed by atoms with E-state index in [9.17, 15) is 4.79 Å². The van der Waals surface area contributed by atoms with E-state index < -0.39 is 5.54 Å². The van der Waals surface area contributed by atoms with Gasteiger partial charge >= 0.3 is 0 Å². The molecule has 106 valence electrons. The van der Waals surface area contributed by atoms with Crippen LogP contribution in [0.5, 0.6) is 0 Å². The van der Waals surface area contributed by atoms with Crippen molar-refractivity contribution in [3.63, 3.8) is 0 Å². The predicted molar refractivity (Wildman–Crippen MR) is 73.3 cm³/mol. The Morgan fingerprint density at radius 1 is 1.39 bits per heavy atom. The van der Waals surface area contributed by atoms with Gasteiger partial charge in [0.1, 0.15) is 5.54 Å². The van der Waals surface area contributed by atoms with Gasteiger partial charge < -0.3 is 15.4 Å². The van der Waals surface area contributed by atoms with E-state index in [1.54, 1.807) is 0 Å². The summed E-state index contributed by atoms with van der Waals surface area (Å²) in [6.07, 6.45) is 2.60. The van der Waals surface area contributed by atoms with E-state index in [0.29, 0.717) is 31.6 Å². The van der Waals surface area contributed by atoms with E-state index in [4.69, 9.17) is 10.5 Å². The third kappa shape index (κ3) is 3.45. The van der Waals surface area contributed by atoms with Crippen LogP contribution in [0, 0.1) is 5.92 Å². The number of carbonyl (C=O) groups excluding carboxylic acids is 1. The summed E-state index contributed by atoms with van der Waals surface area (Å²) in [7, 11) is 0. The van der Waals surface area contributed by atoms with Gasteiger partial charge in [0.2, 0.25) is 5.91 Å². The number of amides is 1. The summed E-state index contributed by atoms with van der Waals surface area (Å²) in [5.41, 5.74) is 5.42. The summed E-state index contributed by atoms with van der Waals surface area (Å²) >= 11 is 0. The Morgan fingerprint density at radius 3 is 2.39 bits per heavy atom. The molecule has 0 aromatic carbocycles. The monoisotopic (exact) mass is 256 g/mol. The molecule has 0 spiro atoms. The minimum Gasteiger partial charge on any atom is -0.379 e. The molecule has 0 saturated carbocycles. The first kappa shape index (κ1) is 15.4. The van der Waals surface area contributed by atoms with Crippen LogP contribution in [-0.2, 0) is 9.53 Å². The number of hydrogen-bond donors (Lipinski definition) is 1. The lowest BCUT2D eigenvalue weighted by Crippen LogP contribution is -2.58. The molecule has 0 aromatic rings. The van der Waals surface area contributed by atoms with Crippen LogP contribution in [0.4, 0.5) is 0 Å². The van der Waals surface area contributed by atoms with Crippen molar-refractivity contribution in [1.29, 1.82) is 0 Å². The van der Waals surface area contributed by atoms with Crippen LogP contribution in [0.25, 0.3) is 0 Å². The smallest absolute Gasteiger partial charge is 0.245 e. The second-order valence-electron chi connectivity index (χ2n) is 5.78. The molecule has 1 fully saturated rings. The minimum atomic E-state index is -0.794. The minimum absolute atomic E-state index is 0.0717. The van der Waals surface area contributed by atoms with Crippen LogP contribution < -0.4 is 5.73 Å². The van der Waals surface area contributed by atoms with Crippen molar-refractivity contribution in [2.45, 2.75) is 58.5 Å². The first-order chi connectivity index (χ1) is 8.44. The Kier molecular flexibility index (Phi) is 5.60. The highest BCUT2D eigenvalue weighted by molar-refractivity contribution is 5.87. The maximum atomic E-state index is 12.7. The summed E-state index contributed by atoms with van der Waals surface area (Å²) in [4.78, 5) is 14.7. The normalized spacial score (nSPS) is 23.9. The maximum Gasteiger partial charge on any atom is 0.245 e. The molecule has 1 aliphatic rings. The molecule has 4 heteroatoms. The third-order valence-corrected chi connectivity index (χ3v) is 3.68. The Morgan fingerprint density at radius 2 is 2.00 bits per heavy atom. The van der Waals surface area contributed by atoms with Gasteiger partial charge in [0.15, 0.2) is 0 Å². The van der Waals surface area contributed by atoms with Gasteiger partial charge in [-0.15, -0.1) is 0 Å². The Bertz CT molecular complexity index is 269. The van der Waals surface area contributed by atoms with E-state index in [1.165, 1.54) is 0 Å². The zero-order valence-corrected chi connectivity index (χ0v) is 12.2. The second-order valence-corrected chi connectivity index (χ2v) is 5.78. The van der Waals surface area contributed by atoms with Crippen molar-refractivity contribution in [3.8, 4) is 0 Å². The first-order valence-electron chi connectivity index (χ1n) is 7.12. The number of nitrogens with zero attached hydrogens (tertiary/aromatic N) is 1. The van der Waals surface area contributed by atoms with Crippen LogP contribution in [-0.4, -0.2) is 42.1 Å². The van der Waals surface area contributed by atoms with Gasteiger partial charge in [-0.05, 0) is 25.2 Å². The molecule has 1 saturated heterocycles. The molecule has 0 aliphatic carbocycles. The van der Waals surface area contributed by atoms with E-state index in [0.717, 1.165) is 19.4 Å². The maximum absolute atomic E-state index is 12.7. The van der Waals surface area contributed by atoms with Crippen molar-refractivity contribution in [1.82, 2.24) is 4.90 Å². The van der Waals surface area contributed by atoms with Crippen LogP contribution in [0.15, 0.2) is 0 Å². The standard InChI is InChI=1S/C14H28N2O2/c1-5-12(6-2)16(9-11(3)4)13(17)14(15)7-8-18-10-14/h11-12H,5-10,15H2,1-4H3. The highest BCUT2D eigenvalue weighted by Crippen LogP contribution is 2.22. The fraction of sp³-hybridized carbons (Fsp3) is 0.929. The molecule has 0 bridgehead atoms. The summed E-state index contributed by atoms with van der Waals surface area (Å²) in [5.74, 6) is 0.530. The Labute approximate surface area is 111 Å². The molecule has 1 rings (SSSR count). The van der Waals surface area contributed by atoms with Crippen molar-refractivity contribution in [2.24, 2.45) is 11.7 Å². The van der Waals surface area contributed by atoms with Crippen LogP contribution >= 0.6 is 0 Å². The zero-order valence-electron chi connectivity index (χ0n) is 12.2. The van der Waals surface area contributed by atoms with Gasteiger partial charge in [-0.25, -0.2) is 0 Å². The van der Waals surface area contributed by atoms with Gasteiger partial charge in [-0.3, -0.25) is 4.79 Å². The average Bonchev–Trinajstić information content (AvgIpc) is 2.76. The Balaban J connectivity index is 2.84. The van der Waals surface area contributed by atoms with Gasteiger partial charge in [-0.2, -0.15) is 0 Å². The highest BCUT2D eigenvalue weighted by Gasteiger charge is 2.42. The molecule has 18 heavy (non-hydrogen) atoms. The fourth-order valence-electron chi connectivity index (χ4n) is 2.56. The van der Waals surface area contributed by atoms with Crippen molar-refractivity contribution in [3.05, 3.63) is 0 Å². The number of ether oxygens (including phenoxy) is 1. The molecule has 1 amide bonds. The second kappa shape index (κ2) is 6.53. The highest BCUT2D eigenvalue weighted by atomic mass is 16.5. The molecule has 1 heterocycles. The van der Waals surface area contributed by atoms with Gasteiger partial charge in [0.05, 0.1) is 6.61 Å². The SMILES string of the molecule is CCC(CC)N(CC(C)C)C(=O)C1(N)CCOC1. The lowest BCUT2D eigenvalue weighted by molar-refractivity contribution is -0.140. The summed E-state index contributed by atoms with van der Waals surface area (Å²) in [6.45, 7) is 10.3. The van der Waals surface area contributed by atoms with E-state index in [2.05, 4.69) is 27.7 Å². The van der Waals surface area contributed by atoms with Crippen molar-refractivity contribution >= 4 is 5.91 Å². The summed E-state index contributed by atoms with van der Waals surface area (Å²) < 4.78 is 5.31. The number of rotatable bonds is 6. The molecule has 0 aromatic heterocycles. The van der Waals surface area contributed by atoms with Crippen molar-refractivity contribution in [2.75, 3.05) is 19.8 Å². The summed E-state index contributed by atoms with van der Waals surface area (Å²) in [6, 6.07) is 0.293. The lowest BCUT2D eigenvalue weighted by atomic mass is 9.95. The fourth-order valence-corrected chi connectivity index (χ4v) is 2.56. The number of hydrogen-bond acceptors (Lipinski definition) is 3. The topological polar surface area (TPSA) is 55.6 Å². The van der Waals surface area contributed by atoms with Gasteiger partial charge in [-0.1, -0.05) is 27.7 Å². The van der Waals surface area contributed by atoms with Crippen LogP contribution in [0.3, 0.4) is 0 Å². The molecule has 0 radical (unpaired) electrons. The molecule has 1 unspecified atom stereocenters. The largest absolute Gasteiger partial charge is 0.379 e. The van der Waals surface area contributed by atoms with Crippen LogP contribution in [0.2, 0.25) is 0 Å². The van der Waals surface area contributed by atoms with Crippen molar-refractivity contribution < 1.29 is 9.53 Å². The van der Waals surface area contributed by atoms with E-state index in [1.807, 2.05) is 4.90 Å². The number of carbonyl (C=O) groups is 1. The molecular formula is C14H28N2O2. The van der Waals surface area contributed by atoms with Gasteiger partial charge in [0.25, 0.3) is 0 Å². The summed E-state index contributed by atoms with van der Waals surface area (Å²) in [5, 5.41) is 0. The molecule has 1 atom stereocenters. The first-order valence-corrected chi connectivity index (χ1v) is 7.12. The van der Waals surface area contributed by atoms with Gasteiger partial charge in [0, 0.05) is 19.2 Å². The Hall–Kier alpha value is -0.610. The molecule has 2 N–H and O–H groups in total. The molecular weight excluding hydrogens is 228 g/mol. The third-order valence-electron chi connectivity index (χ3n) is 3.68. The molecule has 1 aliphatic heterocycles. The van der Waals surface area contributed by atoms with E-state index in [-0.39, 0.29) is 5.91 Å². The number of nitrogens with two attached hydrogens (primary N) is 1. The lowest BCUT2D eigenvalue weighted by Gasteiger charge is -2.37.